The first-order valence-corrected chi connectivity index (χ1v) is 15.5. The Morgan fingerprint density at radius 3 is 2.20 bits per heavy atom. The lowest BCUT2D eigenvalue weighted by atomic mass is 9.71. The number of carboxylic acids is 1. The topological polar surface area (TPSA) is 93.1 Å². The van der Waals surface area contributed by atoms with E-state index >= 15 is 0 Å². The van der Waals surface area contributed by atoms with Crippen LogP contribution in [0.3, 0.4) is 0 Å². The molecule has 7 nitrogen and oxygen atoms in total. The van der Waals surface area contributed by atoms with Crippen molar-refractivity contribution >= 4 is 56.1 Å². The van der Waals surface area contributed by atoms with E-state index in [9.17, 15) is 19.5 Å². The van der Waals surface area contributed by atoms with Gasteiger partial charge in [-0.3, -0.25) is 14.4 Å². The van der Waals surface area contributed by atoms with Gasteiger partial charge in [-0.05, 0) is 90.6 Å². The molecular weight excluding hydrogens is 689 g/mol. The fourth-order valence-corrected chi connectivity index (χ4v) is 6.97. The van der Waals surface area contributed by atoms with Crippen LogP contribution in [-0.4, -0.2) is 40.7 Å². The highest BCUT2D eigenvalue weighted by molar-refractivity contribution is 14.1. The average Bonchev–Trinajstić information content (AvgIpc) is 2.92. The van der Waals surface area contributed by atoms with Crippen LogP contribution in [0.4, 0.5) is 0 Å². The Kier molecular flexibility index (Phi) is 8.99. The maximum atomic E-state index is 13.5. The van der Waals surface area contributed by atoms with Gasteiger partial charge in [0.15, 0.2) is 23.1 Å². The van der Waals surface area contributed by atoms with Crippen LogP contribution in [0.5, 0.6) is 11.5 Å². The van der Waals surface area contributed by atoms with Crippen LogP contribution in [-0.2, 0) is 21.0 Å². The van der Waals surface area contributed by atoms with Gasteiger partial charge in [0.1, 0.15) is 6.61 Å². The monoisotopic (exact) mass is 719 g/mol. The zero-order valence-electron chi connectivity index (χ0n) is 22.3. The van der Waals surface area contributed by atoms with Gasteiger partial charge in [-0.25, -0.2) is 0 Å². The van der Waals surface area contributed by atoms with Crippen molar-refractivity contribution in [3.8, 4) is 11.5 Å². The molecule has 0 radical (unpaired) electrons. The smallest absolute Gasteiger partial charge is 0.305 e. The minimum absolute atomic E-state index is 0.0278. The van der Waals surface area contributed by atoms with Crippen molar-refractivity contribution in [1.29, 1.82) is 0 Å². The van der Waals surface area contributed by atoms with Crippen molar-refractivity contribution in [2.45, 2.75) is 64.4 Å². The molecule has 0 aromatic heterocycles. The van der Waals surface area contributed by atoms with Crippen molar-refractivity contribution in [2.24, 2.45) is 0 Å². The fourth-order valence-electron chi connectivity index (χ4n) is 5.92. The first-order valence-electron chi connectivity index (χ1n) is 13.6. The summed E-state index contributed by atoms with van der Waals surface area (Å²) in [6.07, 6.45) is 3.59. The highest BCUT2D eigenvalue weighted by atomic mass is 127. The maximum absolute atomic E-state index is 13.5. The van der Waals surface area contributed by atoms with Crippen LogP contribution in [0.25, 0.3) is 0 Å². The van der Waals surface area contributed by atoms with E-state index in [2.05, 4.69) is 38.5 Å². The van der Waals surface area contributed by atoms with Gasteiger partial charge >= 0.3 is 5.97 Å². The van der Waals surface area contributed by atoms with Gasteiger partial charge in [-0.1, -0.05) is 28.1 Å². The summed E-state index contributed by atoms with van der Waals surface area (Å²) in [4.78, 5) is 40.5. The lowest BCUT2D eigenvalue weighted by Gasteiger charge is -2.44. The Bertz CT molecular complexity index is 1370. The molecule has 0 bridgehead atoms. The predicted octanol–water partition coefficient (Wildman–Crippen LogP) is 6.92. The third kappa shape index (κ3) is 5.86. The molecular formula is C31H31BrINO6. The van der Waals surface area contributed by atoms with Gasteiger partial charge < -0.3 is 19.5 Å². The second-order valence-corrected chi connectivity index (χ2v) is 12.3. The average molecular weight is 720 g/mol. The highest BCUT2D eigenvalue weighted by Crippen LogP contribution is 2.50. The van der Waals surface area contributed by atoms with E-state index in [1.165, 1.54) is 0 Å². The number of carbonyl (C=O) groups excluding carboxylic acids is 2. The van der Waals surface area contributed by atoms with Crippen LogP contribution in [0, 0.1) is 3.57 Å². The molecule has 0 fully saturated rings. The standard InChI is InChI=1S/C31H31BrINO6/c1-2-39-26-16-19(15-21(33)31(26)40-17-18-9-11-20(32)12-10-18)28-29-22(5-3-7-24(29)35)34(14-13-27(37)38)23-6-4-8-25(36)30(23)28/h9-12,15-16,28H,2-8,13-14,17H2,1H3,(H,37,38). The normalized spacial score (nSPS) is 17.6. The molecule has 0 saturated carbocycles. The second kappa shape index (κ2) is 12.5. The summed E-state index contributed by atoms with van der Waals surface area (Å²) >= 11 is 5.70. The molecule has 2 aromatic carbocycles. The van der Waals surface area contributed by atoms with E-state index in [1.807, 2.05) is 48.2 Å². The number of ketones is 2. The van der Waals surface area contributed by atoms with Crippen LogP contribution < -0.4 is 9.47 Å². The number of allylic oxidation sites excluding steroid dienone is 4. The van der Waals surface area contributed by atoms with Gasteiger partial charge in [0.25, 0.3) is 0 Å². The van der Waals surface area contributed by atoms with Crippen LogP contribution in [0.1, 0.15) is 68.9 Å². The number of aliphatic carboxylic acids is 1. The van der Waals surface area contributed by atoms with Gasteiger partial charge in [0.05, 0.1) is 16.6 Å². The molecule has 3 aliphatic rings. The van der Waals surface area contributed by atoms with Crippen LogP contribution in [0.15, 0.2) is 63.4 Å². The molecule has 5 rings (SSSR count). The van der Waals surface area contributed by atoms with Crippen LogP contribution in [0.2, 0.25) is 0 Å². The summed E-state index contributed by atoms with van der Waals surface area (Å²) < 4.78 is 14.1. The van der Waals surface area contributed by atoms with E-state index < -0.39 is 11.9 Å². The second-order valence-electron chi connectivity index (χ2n) is 10.2. The van der Waals surface area contributed by atoms with E-state index in [0.29, 0.717) is 61.5 Å². The Morgan fingerprint density at radius 1 is 1.00 bits per heavy atom. The molecule has 9 heteroatoms. The number of Topliss-reactive ketones (excluding diaryl/α,β-unsaturated/α-hetero) is 2. The van der Waals surface area contributed by atoms with Crippen molar-refractivity contribution in [1.82, 2.24) is 4.90 Å². The van der Waals surface area contributed by atoms with Crippen LogP contribution >= 0.6 is 38.5 Å². The number of carbonyl (C=O) groups is 3. The van der Waals surface area contributed by atoms with E-state index in [-0.39, 0.29) is 24.5 Å². The number of nitrogens with zero attached hydrogens (tertiary/aromatic N) is 1. The van der Waals surface area contributed by atoms with Gasteiger partial charge in [-0.2, -0.15) is 0 Å². The molecule has 2 aromatic rings. The molecule has 0 spiro atoms. The number of rotatable bonds is 9. The van der Waals surface area contributed by atoms with Crippen molar-refractivity contribution in [3.05, 3.63) is 78.1 Å². The summed E-state index contributed by atoms with van der Waals surface area (Å²) in [5.41, 5.74) is 4.86. The predicted molar refractivity (Wildman–Crippen MR) is 162 cm³/mol. The SMILES string of the molecule is CCOc1cc(C2C3=C(CCCC3=O)N(CCC(=O)O)C3=C2C(=O)CCC3)cc(I)c1OCc1ccc(Br)cc1. The molecule has 0 saturated heterocycles. The summed E-state index contributed by atoms with van der Waals surface area (Å²) in [7, 11) is 0. The van der Waals surface area contributed by atoms with Gasteiger partial charge in [0.2, 0.25) is 0 Å². The summed E-state index contributed by atoms with van der Waals surface area (Å²) in [5, 5.41) is 9.42. The first-order chi connectivity index (χ1) is 19.3. The molecule has 0 atom stereocenters. The third-order valence-corrected chi connectivity index (χ3v) is 8.93. The lowest BCUT2D eigenvalue weighted by Crippen LogP contribution is -2.40. The van der Waals surface area contributed by atoms with E-state index in [0.717, 1.165) is 43.4 Å². The molecule has 2 aliphatic carbocycles. The number of carboxylic acid groups (broad SMARTS) is 1. The molecule has 210 valence electrons. The summed E-state index contributed by atoms with van der Waals surface area (Å²) in [6.45, 7) is 2.97. The molecule has 40 heavy (non-hydrogen) atoms. The summed E-state index contributed by atoms with van der Waals surface area (Å²) in [5.74, 6) is -0.141. The third-order valence-electron chi connectivity index (χ3n) is 7.60. The number of benzene rings is 2. The molecule has 0 unspecified atom stereocenters. The lowest BCUT2D eigenvalue weighted by molar-refractivity contribution is -0.137. The minimum Gasteiger partial charge on any atom is -0.490 e. The highest BCUT2D eigenvalue weighted by Gasteiger charge is 2.43. The maximum Gasteiger partial charge on any atom is 0.305 e. The molecule has 1 heterocycles. The first kappa shape index (κ1) is 28.9. The molecule has 1 aliphatic heterocycles. The summed E-state index contributed by atoms with van der Waals surface area (Å²) in [6, 6.07) is 11.8. The van der Waals surface area contributed by atoms with Gasteiger partial charge in [-0.15, -0.1) is 0 Å². The number of halogens is 2. The van der Waals surface area contributed by atoms with E-state index in [4.69, 9.17) is 9.47 Å². The van der Waals surface area contributed by atoms with Crippen molar-refractivity contribution < 1.29 is 29.0 Å². The number of ether oxygens (including phenoxy) is 2. The zero-order chi connectivity index (χ0) is 28.4. The minimum atomic E-state index is -0.898. The Morgan fingerprint density at radius 2 is 1.62 bits per heavy atom. The quantitative estimate of drug-likeness (QED) is 0.282. The largest absolute Gasteiger partial charge is 0.490 e. The Hall–Kier alpha value is -2.66. The van der Waals surface area contributed by atoms with Gasteiger partial charge in [0, 0.05) is 52.3 Å². The van der Waals surface area contributed by atoms with E-state index in [1.54, 1.807) is 0 Å². The molecule has 0 amide bonds. The molecule has 1 N–H and O–H groups in total. The zero-order valence-corrected chi connectivity index (χ0v) is 26.0. The Labute approximate surface area is 255 Å². The van der Waals surface area contributed by atoms with Crippen molar-refractivity contribution in [3.63, 3.8) is 0 Å². The fraction of sp³-hybridized carbons (Fsp3) is 0.387. The number of hydrogen-bond acceptors (Lipinski definition) is 6. The van der Waals surface area contributed by atoms with Crippen molar-refractivity contribution in [2.75, 3.05) is 13.2 Å². The Balaban J connectivity index is 1.60. The number of hydrogen-bond donors (Lipinski definition) is 1.